The van der Waals surface area contributed by atoms with Gasteiger partial charge in [-0.15, -0.1) is 0 Å². The van der Waals surface area contributed by atoms with Gasteiger partial charge in [0, 0.05) is 36.2 Å². The quantitative estimate of drug-likeness (QED) is 0.0293. The zero-order valence-electron chi connectivity index (χ0n) is 32.0. The second-order valence-corrected chi connectivity index (χ2v) is 15.1. The van der Waals surface area contributed by atoms with Gasteiger partial charge in [0.05, 0.1) is 77.4 Å². The summed E-state index contributed by atoms with van der Waals surface area (Å²) in [6.07, 6.45) is 2.48. The fraction of sp³-hybridized carbons (Fsp3) is 0.390. The number of nitrogens with one attached hydrogen (secondary N) is 2. The fourth-order valence-corrected chi connectivity index (χ4v) is 7.05. The summed E-state index contributed by atoms with van der Waals surface area (Å²) < 4.78 is 76.1. The number of hydrogen-bond donors (Lipinski definition) is 4. The third-order valence-electron chi connectivity index (χ3n) is 8.93. The molecule has 1 saturated carbocycles. The van der Waals surface area contributed by atoms with E-state index >= 15 is 0 Å². The number of aliphatic hydroxyl groups excluding tert-OH is 1. The molecule has 1 fully saturated rings. The number of sulfonamides is 1. The number of ketones is 1. The van der Waals surface area contributed by atoms with E-state index in [4.69, 9.17) is 33.2 Å². The summed E-state index contributed by atoms with van der Waals surface area (Å²) in [5, 5.41) is 21.7. The van der Waals surface area contributed by atoms with Crippen LogP contribution in [0.25, 0.3) is 28.1 Å². The smallest absolute Gasteiger partial charge is 0.376 e. The molecule has 0 bridgehead atoms. The minimum absolute atomic E-state index is 0.0751. The summed E-state index contributed by atoms with van der Waals surface area (Å²) in [7, 11) is -2.22. The van der Waals surface area contributed by atoms with Crippen LogP contribution in [-0.4, -0.2) is 109 Å². The maximum atomic E-state index is 13.6. The first-order valence-electron chi connectivity index (χ1n) is 18.7. The minimum Gasteiger partial charge on any atom is -0.507 e. The van der Waals surface area contributed by atoms with Crippen LogP contribution in [0.5, 0.6) is 0 Å². The van der Waals surface area contributed by atoms with Gasteiger partial charge in [0.15, 0.2) is 0 Å². The monoisotopic (exact) mass is 826 g/mol. The van der Waals surface area contributed by atoms with Crippen LogP contribution in [0.1, 0.15) is 51.4 Å². The van der Waals surface area contributed by atoms with Gasteiger partial charge in [0.2, 0.25) is 10.0 Å². The molecule has 58 heavy (non-hydrogen) atoms. The highest BCUT2D eigenvalue weighted by molar-refractivity contribution is 7.88. The van der Waals surface area contributed by atoms with E-state index in [2.05, 4.69) is 10.0 Å². The zero-order valence-corrected chi connectivity index (χ0v) is 32.8. The van der Waals surface area contributed by atoms with Gasteiger partial charge < -0.3 is 43.6 Å². The average Bonchev–Trinajstić information content (AvgIpc) is 3.99. The molecule has 5 rings (SSSR count). The minimum atomic E-state index is -3.74. The number of carboxylic acid groups (broad SMARTS) is 1. The number of carbonyl (C=O) groups excluding carboxylic acids is 2. The van der Waals surface area contributed by atoms with Crippen molar-refractivity contribution in [3.05, 3.63) is 100 Å². The zero-order chi connectivity index (χ0) is 41.5. The molecule has 0 spiro atoms. The standard InChI is InChI=1S/C41H47FN2O13S/c1-43-40(47)38-34-23-33(28-6-7-28)31(22-37(34)57-39(38)30-8-10-32(42)11-9-30)26-58(50,51)44-12-13-52-14-15-53-16-17-54-18-19-55-20-21-56-25-27-2-4-29(5-3-27)35(45)24-36(46)41(48)49/h2-5,8-11,22-24,28,44-45H,6-7,12-21,25-26H2,1H3,(H,43,47)(H,48,49). The predicted molar refractivity (Wildman–Crippen MR) is 210 cm³/mol. The maximum Gasteiger partial charge on any atom is 0.376 e. The van der Waals surface area contributed by atoms with Crippen LogP contribution < -0.4 is 10.0 Å². The largest absolute Gasteiger partial charge is 0.507 e. The van der Waals surface area contributed by atoms with Crippen LogP contribution in [0.15, 0.2) is 71.2 Å². The van der Waals surface area contributed by atoms with Crippen molar-refractivity contribution in [1.29, 1.82) is 0 Å². The molecule has 4 aromatic rings. The fourth-order valence-electron chi connectivity index (χ4n) is 5.89. The number of aliphatic carboxylic acids is 1. The van der Waals surface area contributed by atoms with Gasteiger partial charge in [0.25, 0.3) is 11.7 Å². The molecular formula is C41H47FN2O13S. The van der Waals surface area contributed by atoms with E-state index in [1.165, 1.54) is 31.3 Å². The molecule has 1 aromatic heterocycles. The number of halogens is 1. The van der Waals surface area contributed by atoms with E-state index in [9.17, 15) is 32.3 Å². The molecule has 0 radical (unpaired) electrons. The molecule has 17 heteroatoms. The van der Waals surface area contributed by atoms with E-state index in [0.29, 0.717) is 92.2 Å². The molecule has 312 valence electrons. The summed E-state index contributed by atoms with van der Waals surface area (Å²) in [4.78, 5) is 34.8. The van der Waals surface area contributed by atoms with Crippen LogP contribution >= 0.6 is 0 Å². The number of hydrogen-bond acceptors (Lipinski definition) is 12. The van der Waals surface area contributed by atoms with Crippen molar-refractivity contribution in [2.45, 2.75) is 31.1 Å². The van der Waals surface area contributed by atoms with E-state index in [-0.39, 0.29) is 43.1 Å². The van der Waals surface area contributed by atoms with Crippen molar-refractivity contribution in [1.82, 2.24) is 10.0 Å². The van der Waals surface area contributed by atoms with E-state index in [0.717, 1.165) is 24.0 Å². The molecule has 4 N–H and O–H groups in total. The SMILES string of the molecule is CNC(=O)c1c(-c2ccc(F)cc2)oc2cc(CS(=O)(=O)NCCOCCOCCOCCOCCOCc3ccc(C(O)=CC(=O)C(=O)O)cc3)c(C3CC3)cc12. The Bertz CT molecular complexity index is 2150. The molecule has 15 nitrogen and oxygen atoms in total. The molecule has 1 aliphatic carbocycles. The summed E-state index contributed by atoms with van der Waals surface area (Å²) in [5.74, 6) is -3.88. The van der Waals surface area contributed by atoms with Crippen molar-refractivity contribution in [2.24, 2.45) is 0 Å². The normalized spacial score (nSPS) is 13.2. The topological polar surface area (TPSA) is 209 Å². The summed E-state index contributed by atoms with van der Waals surface area (Å²) >= 11 is 0. The number of ether oxygens (including phenoxy) is 5. The lowest BCUT2D eigenvalue weighted by Gasteiger charge is -2.12. The third-order valence-corrected chi connectivity index (χ3v) is 10.3. The van der Waals surface area contributed by atoms with Crippen molar-refractivity contribution >= 4 is 44.4 Å². The summed E-state index contributed by atoms with van der Waals surface area (Å²) in [6.45, 7) is 3.25. The molecular weight excluding hydrogens is 780 g/mol. The predicted octanol–water partition coefficient (Wildman–Crippen LogP) is 4.73. The van der Waals surface area contributed by atoms with Crippen molar-refractivity contribution < 1.29 is 65.5 Å². The first-order chi connectivity index (χ1) is 28.0. The van der Waals surface area contributed by atoms with Gasteiger partial charge in [-0.25, -0.2) is 22.3 Å². The first-order valence-corrected chi connectivity index (χ1v) is 20.3. The van der Waals surface area contributed by atoms with E-state index in [1.54, 1.807) is 30.3 Å². The van der Waals surface area contributed by atoms with Crippen LogP contribution in [-0.2, 0) is 55.7 Å². The van der Waals surface area contributed by atoms with Gasteiger partial charge in [0.1, 0.15) is 22.9 Å². The van der Waals surface area contributed by atoms with Gasteiger partial charge in [-0.3, -0.25) is 9.59 Å². The molecule has 1 amide bonds. The second-order valence-electron chi connectivity index (χ2n) is 13.3. The Morgan fingerprint density at radius 2 is 1.41 bits per heavy atom. The number of carbonyl (C=O) groups is 3. The number of amides is 1. The lowest BCUT2D eigenvalue weighted by atomic mass is 9.98. The molecule has 3 aromatic carbocycles. The molecule has 1 heterocycles. The van der Waals surface area contributed by atoms with Crippen molar-refractivity contribution in [2.75, 3.05) is 73.1 Å². The highest BCUT2D eigenvalue weighted by Crippen LogP contribution is 2.45. The molecule has 0 aliphatic heterocycles. The average molecular weight is 827 g/mol. The lowest BCUT2D eigenvalue weighted by molar-refractivity contribution is -0.146. The van der Waals surface area contributed by atoms with Gasteiger partial charge >= 0.3 is 5.97 Å². The van der Waals surface area contributed by atoms with Crippen LogP contribution in [0.3, 0.4) is 0 Å². The van der Waals surface area contributed by atoms with Gasteiger partial charge in [-0.2, -0.15) is 0 Å². The van der Waals surface area contributed by atoms with E-state index in [1.807, 2.05) is 6.07 Å². The number of rotatable bonds is 26. The number of benzene rings is 3. The van der Waals surface area contributed by atoms with Gasteiger partial charge in [-0.1, -0.05) is 24.3 Å². The Labute approximate surface area is 335 Å². The van der Waals surface area contributed by atoms with Crippen LogP contribution in [0.2, 0.25) is 0 Å². The van der Waals surface area contributed by atoms with Crippen molar-refractivity contribution in [3.8, 4) is 11.3 Å². The molecule has 0 atom stereocenters. The molecule has 1 aliphatic rings. The Hall–Kier alpha value is -5.01. The van der Waals surface area contributed by atoms with Gasteiger partial charge in [-0.05, 0) is 71.8 Å². The third kappa shape index (κ3) is 13.3. The van der Waals surface area contributed by atoms with Crippen LogP contribution in [0.4, 0.5) is 4.39 Å². The number of fused-ring (bicyclic) bond motifs is 1. The number of furan rings is 1. The summed E-state index contributed by atoms with van der Waals surface area (Å²) in [6, 6.07) is 15.7. The highest BCUT2D eigenvalue weighted by atomic mass is 32.2. The summed E-state index contributed by atoms with van der Waals surface area (Å²) in [5.41, 5.74) is 3.79. The maximum absolute atomic E-state index is 13.6. The first kappa shape index (κ1) is 44.1. The van der Waals surface area contributed by atoms with Crippen LogP contribution in [0, 0.1) is 5.82 Å². The van der Waals surface area contributed by atoms with Crippen molar-refractivity contribution in [3.63, 3.8) is 0 Å². The molecule has 0 saturated heterocycles. The Morgan fingerprint density at radius 3 is 1.98 bits per heavy atom. The lowest BCUT2D eigenvalue weighted by Crippen LogP contribution is -2.29. The Kier molecular flexibility index (Phi) is 16.5. The Balaban J connectivity index is 0.916. The Morgan fingerprint density at radius 1 is 0.828 bits per heavy atom. The van der Waals surface area contributed by atoms with E-state index < -0.39 is 33.4 Å². The molecule has 0 unspecified atom stereocenters. The highest BCUT2D eigenvalue weighted by Gasteiger charge is 2.31. The number of aliphatic hydroxyl groups is 1. The number of carboxylic acids is 1. The second kappa shape index (κ2) is 21.7.